The minimum atomic E-state index is -0.0777. The van der Waals surface area contributed by atoms with Gasteiger partial charge in [0.05, 0.1) is 37.4 Å². The molecule has 0 bridgehead atoms. The topological polar surface area (TPSA) is 50.8 Å². The summed E-state index contributed by atoms with van der Waals surface area (Å²) < 4.78 is 7.36. The van der Waals surface area contributed by atoms with E-state index in [4.69, 9.17) is 10.00 Å². The molecule has 1 aromatic rings. The van der Waals surface area contributed by atoms with Crippen LogP contribution in [0.5, 0.6) is 0 Å². The number of ether oxygens (including phenoxy) is 1. The summed E-state index contributed by atoms with van der Waals surface area (Å²) in [5.41, 5.74) is 1.52. The Balaban J connectivity index is 1.84. The molecule has 0 atom stereocenters. The lowest BCUT2D eigenvalue weighted by Crippen LogP contribution is -2.62. The first kappa shape index (κ1) is 11.7. The molecule has 0 radical (unpaired) electrons. The normalized spacial score (nSPS) is 23.4. The highest BCUT2D eigenvalue weighted by Crippen LogP contribution is 2.58. The molecule has 2 heterocycles. The molecule has 1 saturated heterocycles. The van der Waals surface area contributed by atoms with Crippen LogP contribution >= 0.6 is 0 Å². The van der Waals surface area contributed by atoms with E-state index < -0.39 is 0 Å². The van der Waals surface area contributed by atoms with Gasteiger partial charge in [-0.05, 0) is 24.3 Å². The molecular weight excluding hydrogens is 226 g/mol. The van der Waals surface area contributed by atoms with Gasteiger partial charge in [-0.1, -0.05) is 13.8 Å². The average molecular weight is 245 g/mol. The average Bonchev–Trinajstić information content (AvgIpc) is 2.69. The van der Waals surface area contributed by atoms with Gasteiger partial charge in [-0.25, -0.2) is 0 Å². The van der Waals surface area contributed by atoms with E-state index in [-0.39, 0.29) is 5.54 Å². The number of nitrogens with zero attached hydrogens (tertiary/aromatic N) is 3. The molecule has 1 saturated carbocycles. The Bertz CT molecular complexity index is 485. The minimum Gasteiger partial charge on any atom is -0.380 e. The van der Waals surface area contributed by atoms with Gasteiger partial charge < -0.3 is 4.74 Å². The van der Waals surface area contributed by atoms with Crippen molar-refractivity contribution in [1.82, 2.24) is 9.78 Å². The Morgan fingerprint density at radius 1 is 1.50 bits per heavy atom. The molecule has 2 aliphatic rings. The zero-order valence-corrected chi connectivity index (χ0v) is 11.0. The molecule has 0 N–H and O–H groups in total. The van der Waals surface area contributed by atoms with Gasteiger partial charge >= 0.3 is 0 Å². The second kappa shape index (κ2) is 3.83. The monoisotopic (exact) mass is 245 g/mol. The lowest BCUT2D eigenvalue weighted by atomic mass is 9.55. The lowest BCUT2D eigenvalue weighted by molar-refractivity contribution is -0.206. The maximum Gasteiger partial charge on any atom is 0.0771 e. The van der Waals surface area contributed by atoms with Crippen molar-refractivity contribution in [3.63, 3.8) is 0 Å². The third-order valence-electron chi connectivity index (χ3n) is 4.39. The van der Waals surface area contributed by atoms with Gasteiger partial charge in [0.25, 0.3) is 0 Å². The highest BCUT2D eigenvalue weighted by Gasteiger charge is 2.59. The Hall–Kier alpha value is -1.34. The summed E-state index contributed by atoms with van der Waals surface area (Å²) in [4.78, 5) is 0. The Morgan fingerprint density at radius 3 is 2.67 bits per heavy atom. The van der Waals surface area contributed by atoms with Crippen LogP contribution in [0, 0.1) is 16.7 Å². The summed E-state index contributed by atoms with van der Waals surface area (Å²) in [5, 5.41) is 13.6. The van der Waals surface area contributed by atoms with E-state index >= 15 is 0 Å². The van der Waals surface area contributed by atoms with Crippen molar-refractivity contribution < 1.29 is 4.74 Å². The van der Waals surface area contributed by atoms with E-state index in [2.05, 4.69) is 31.2 Å². The third kappa shape index (κ3) is 1.58. The van der Waals surface area contributed by atoms with E-state index in [1.54, 1.807) is 0 Å². The lowest BCUT2D eigenvalue weighted by Gasteiger charge is -2.59. The molecule has 2 fully saturated rings. The number of nitriles is 1. The Labute approximate surface area is 108 Å². The third-order valence-corrected chi connectivity index (χ3v) is 4.39. The highest BCUT2D eigenvalue weighted by molar-refractivity contribution is 5.17. The van der Waals surface area contributed by atoms with Gasteiger partial charge in [-0.15, -0.1) is 0 Å². The summed E-state index contributed by atoms with van der Waals surface area (Å²) in [5.74, 6) is 0.485. The van der Waals surface area contributed by atoms with Crippen LogP contribution in [0.2, 0.25) is 0 Å². The van der Waals surface area contributed by atoms with E-state index in [1.807, 2.05) is 10.9 Å². The predicted molar refractivity (Wildman–Crippen MR) is 67.0 cm³/mol. The number of aromatic nitrogens is 2. The molecule has 0 unspecified atom stereocenters. The standard InChI is InChI=1S/C14H19N3O/c1-11(2)12-5-16-17(6-12)14(3-4-15)7-13(8-14)9-18-10-13/h5-6,11H,3,7-10H2,1-2H3. The zero-order chi connectivity index (χ0) is 12.8. The fourth-order valence-corrected chi connectivity index (χ4v) is 3.35. The second-order valence-electron chi connectivity index (χ2n) is 6.28. The van der Waals surface area contributed by atoms with Crippen LogP contribution in [-0.4, -0.2) is 23.0 Å². The number of hydrogen-bond donors (Lipinski definition) is 0. The molecule has 18 heavy (non-hydrogen) atoms. The van der Waals surface area contributed by atoms with E-state index in [9.17, 15) is 0 Å². The molecule has 1 aliphatic heterocycles. The zero-order valence-electron chi connectivity index (χ0n) is 11.0. The van der Waals surface area contributed by atoms with Gasteiger partial charge in [0.2, 0.25) is 0 Å². The first-order valence-corrected chi connectivity index (χ1v) is 6.59. The van der Waals surface area contributed by atoms with Crippen molar-refractivity contribution in [1.29, 1.82) is 5.26 Å². The van der Waals surface area contributed by atoms with Crippen molar-refractivity contribution in [3.8, 4) is 6.07 Å². The van der Waals surface area contributed by atoms with Crippen molar-refractivity contribution in [3.05, 3.63) is 18.0 Å². The quantitative estimate of drug-likeness (QED) is 0.821. The Morgan fingerprint density at radius 2 is 2.22 bits per heavy atom. The fraction of sp³-hybridized carbons (Fsp3) is 0.714. The van der Waals surface area contributed by atoms with E-state index in [1.165, 1.54) is 5.56 Å². The maximum absolute atomic E-state index is 9.08. The Kier molecular flexibility index (Phi) is 2.49. The van der Waals surface area contributed by atoms with Crippen molar-refractivity contribution in [2.75, 3.05) is 13.2 Å². The molecule has 96 valence electrons. The van der Waals surface area contributed by atoms with Crippen LogP contribution in [0.4, 0.5) is 0 Å². The SMILES string of the molecule is CC(C)c1cnn(C2(CC#N)CC3(COC3)C2)c1. The molecule has 0 amide bonds. The van der Waals surface area contributed by atoms with Crippen LogP contribution in [0.1, 0.15) is 44.6 Å². The molecular formula is C14H19N3O. The van der Waals surface area contributed by atoms with Gasteiger partial charge in [0.1, 0.15) is 0 Å². The molecule has 4 nitrogen and oxygen atoms in total. The summed E-state index contributed by atoms with van der Waals surface area (Å²) in [6.45, 7) is 6.05. The smallest absolute Gasteiger partial charge is 0.0771 e. The minimum absolute atomic E-state index is 0.0777. The first-order valence-electron chi connectivity index (χ1n) is 6.59. The maximum atomic E-state index is 9.08. The van der Waals surface area contributed by atoms with Crippen molar-refractivity contribution in [2.45, 2.75) is 44.6 Å². The number of rotatable bonds is 3. The second-order valence-corrected chi connectivity index (χ2v) is 6.28. The number of hydrogen-bond acceptors (Lipinski definition) is 3. The van der Waals surface area contributed by atoms with Gasteiger partial charge in [-0.3, -0.25) is 4.68 Å². The summed E-state index contributed by atoms with van der Waals surface area (Å²) in [6.07, 6.45) is 6.67. The first-order chi connectivity index (χ1) is 8.59. The predicted octanol–water partition coefficient (Wildman–Crippen LogP) is 2.43. The van der Waals surface area contributed by atoms with Crippen LogP contribution < -0.4 is 0 Å². The van der Waals surface area contributed by atoms with Gasteiger partial charge in [0, 0.05) is 11.6 Å². The van der Waals surface area contributed by atoms with Gasteiger partial charge in [-0.2, -0.15) is 10.4 Å². The molecule has 3 rings (SSSR count). The molecule has 1 spiro atoms. The molecule has 0 aromatic carbocycles. The summed E-state index contributed by atoms with van der Waals surface area (Å²) in [7, 11) is 0. The highest BCUT2D eigenvalue weighted by atomic mass is 16.5. The molecule has 4 heteroatoms. The molecule has 1 aliphatic carbocycles. The largest absolute Gasteiger partial charge is 0.380 e. The van der Waals surface area contributed by atoms with Crippen LogP contribution in [0.25, 0.3) is 0 Å². The van der Waals surface area contributed by atoms with Gasteiger partial charge in [0.15, 0.2) is 0 Å². The molecule has 1 aromatic heterocycles. The fourth-order valence-electron chi connectivity index (χ4n) is 3.35. The summed E-state index contributed by atoms with van der Waals surface area (Å²) in [6, 6.07) is 2.33. The van der Waals surface area contributed by atoms with Crippen molar-refractivity contribution in [2.24, 2.45) is 5.41 Å². The van der Waals surface area contributed by atoms with E-state index in [0.29, 0.717) is 17.8 Å². The summed E-state index contributed by atoms with van der Waals surface area (Å²) >= 11 is 0. The van der Waals surface area contributed by atoms with E-state index in [0.717, 1.165) is 26.1 Å². The van der Waals surface area contributed by atoms with Crippen LogP contribution in [0.15, 0.2) is 12.4 Å². The van der Waals surface area contributed by atoms with Crippen molar-refractivity contribution >= 4 is 0 Å². The van der Waals surface area contributed by atoms with Crippen LogP contribution in [0.3, 0.4) is 0 Å². The van der Waals surface area contributed by atoms with Crippen LogP contribution in [-0.2, 0) is 10.3 Å².